The zero-order valence-corrected chi connectivity index (χ0v) is 12.2. The minimum atomic E-state index is -3.43. The lowest BCUT2D eigenvalue weighted by atomic mass is 10.2. The molecule has 0 saturated carbocycles. The van der Waals surface area contributed by atoms with E-state index in [1.165, 1.54) is 4.31 Å². The Labute approximate surface area is 115 Å². The molecule has 0 atom stereocenters. The predicted octanol–water partition coefficient (Wildman–Crippen LogP) is 1.42. The number of hydrogen-bond acceptors (Lipinski definition) is 3. The maximum absolute atomic E-state index is 12.4. The molecule has 0 aliphatic carbocycles. The molecule has 0 amide bonds. The highest BCUT2D eigenvalue weighted by Crippen LogP contribution is 2.17. The molecule has 1 rings (SSSR count). The van der Waals surface area contributed by atoms with Crippen LogP contribution in [0.1, 0.15) is 25.8 Å². The lowest BCUT2D eigenvalue weighted by Gasteiger charge is -2.19. The molecule has 0 unspecified atom stereocenters. The first kappa shape index (κ1) is 15.7. The van der Waals surface area contributed by atoms with Crippen molar-refractivity contribution in [3.63, 3.8) is 0 Å². The highest BCUT2D eigenvalue weighted by atomic mass is 32.2. The zero-order chi connectivity index (χ0) is 14.3. The monoisotopic (exact) mass is 280 g/mol. The van der Waals surface area contributed by atoms with Gasteiger partial charge in [-0.1, -0.05) is 31.8 Å². The van der Waals surface area contributed by atoms with Gasteiger partial charge in [0.2, 0.25) is 10.0 Å². The molecule has 0 fully saturated rings. The van der Waals surface area contributed by atoms with Gasteiger partial charge in [0.15, 0.2) is 0 Å². The van der Waals surface area contributed by atoms with E-state index in [-0.39, 0.29) is 11.4 Å². The Hall–Kier alpha value is -1.35. The third-order valence-electron chi connectivity index (χ3n) is 2.63. The van der Waals surface area contributed by atoms with Crippen molar-refractivity contribution >= 4 is 10.0 Å². The molecule has 0 aromatic heterocycles. The van der Waals surface area contributed by atoms with Gasteiger partial charge >= 0.3 is 0 Å². The maximum Gasteiger partial charge on any atom is 0.243 e. The smallest absolute Gasteiger partial charge is 0.243 e. The second-order valence-corrected chi connectivity index (χ2v) is 5.97. The van der Waals surface area contributed by atoms with Crippen LogP contribution in [0.15, 0.2) is 29.2 Å². The summed E-state index contributed by atoms with van der Waals surface area (Å²) in [5, 5.41) is 0. The number of nitrogens with zero attached hydrogens (tertiary/aromatic N) is 1. The lowest BCUT2D eigenvalue weighted by molar-refractivity contribution is 0.427. The van der Waals surface area contributed by atoms with Crippen molar-refractivity contribution in [2.24, 2.45) is 5.73 Å². The molecule has 104 valence electrons. The average molecular weight is 280 g/mol. The van der Waals surface area contributed by atoms with Gasteiger partial charge in [-0.25, -0.2) is 8.42 Å². The maximum atomic E-state index is 12.4. The molecule has 1 aromatic rings. The minimum Gasteiger partial charge on any atom is -0.320 e. The first-order chi connectivity index (χ1) is 9.06. The largest absolute Gasteiger partial charge is 0.320 e. The summed E-state index contributed by atoms with van der Waals surface area (Å²) in [7, 11) is -3.43. The fourth-order valence-electron chi connectivity index (χ4n) is 1.73. The molecule has 19 heavy (non-hydrogen) atoms. The van der Waals surface area contributed by atoms with E-state index in [1.54, 1.807) is 24.3 Å². The summed E-state index contributed by atoms with van der Waals surface area (Å²) in [5.41, 5.74) is 5.98. The van der Waals surface area contributed by atoms with Gasteiger partial charge in [0.1, 0.15) is 0 Å². The Morgan fingerprint density at radius 3 is 2.63 bits per heavy atom. The van der Waals surface area contributed by atoms with Crippen LogP contribution in [-0.2, 0) is 10.0 Å². The summed E-state index contributed by atoms with van der Waals surface area (Å²) in [6, 6.07) is 6.67. The fraction of sp³-hybridized carbons (Fsp3) is 0.429. The molecule has 0 aliphatic rings. The molecule has 0 heterocycles. The standard InChI is InChI=1S/C14H20N2O2S/c1-3-11-16(4-2)19(17,18)14-9-5-7-13(12-14)8-6-10-15/h5,7,9,12H,3-4,10-11,15H2,1-2H3. The van der Waals surface area contributed by atoms with Crippen molar-refractivity contribution < 1.29 is 8.42 Å². The van der Waals surface area contributed by atoms with E-state index in [2.05, 4.69) is 11.8 Å². The predicted molar refractivity (Wildman–Crippen MR) is 77.1 cm³/mol. The highest BCUT2D eigenvalue weighted by Gasteiger charge is 2.22. The Balaban J connectivity index is 3.14. The van der Waals surface area contributed by atoms with Crippen LogP contribution in [0.4, 0.5) is 0 Å². The second-order valence-electron chi connectivity index (χ2n) is 4.03. The van der Waals surface area contributed by atoms with E-state index < -0.39 is 10.0 Å². The van der Waals surface area contributed by atoms with Crippen LogP contribution in [0.3, 0.4) is 0 Å². The molecule has 0 radical (unpaired) electrons. The van der Waals surface area contributed by atoms with Gasteiger partial charge in [-0.3, -0.25) is 0 Å². The second kappa shape index (κ2) is 7.29. The zero-order valence-electron chi connectivity index (χ0n) is 11.4. The van der Waals surface area contributed by atoms with Gasteiger partial charge in [0.05, 0.1) is 11.4 Å². The van der Waals surface area contributed by atoms with E-state index in [1.807, 2.05) is 13.8 Å². The SMILES string of the molecule is CCCN(CC)S(=O)(=O)c1cccc(C#CCN)c1. The highest BCUT2D eigenvalue weighted by molar-refractivity contribution is 7.89. The van der Waals surface area contributed by atoms with Crippen molar-refractivity contribution in [1.29, 1.82) is 0 Å². The van der Waals surface area contributed by atoms with Crippen LogP contribution < -0.4 is 5.73 Å². The Morgan fingerprint density at radius 2 is 2.05 bits per heavy atom. The van der Waals surface area contributed by atoms with Crippen molar-refractivity contribution in [1.82, 2.24) is 4.31 Å². The van der Waals surface area contributed by atoms with Gasteiger partial charge in [0, 0.05) is 18.7 Å². The Bertz CT molecular complexity index is 571. The molecule has 0 bridgehead atoms. The first-order valence-electron chi connectivity index (χ1n) is 6.35. The number of sulfonamides is 1. The van der Waals surface area contributed by atoms with E-state index in [4.69, 9.17) is 5.73 Å². The number of nitrogens with two attached hydrogens (primary N) is 1. The Morgan fingerprint density at radius 1 is 1.32 bits per heavy atom. The number of hydrogen-bond donors (Lipinski definition) is 1. The van der Waals surface area contributed by atoms with Gasteiger partial charge in [0.25, 0.3) is 0 Å². The molecule has 0 spiro atoms. The van der Waals surface area contributed by atoms with Crippen LogP contribution in [0.5, 0.6) is 0 Å². The lowest BCUT2D eigenvalue weighted by Crippen LogP contribution is -2.31. The number of benzene rings is 1. The van der Waals surface area contributed by atoms with Gasteiger partial charge in [-0.15, -0.1) is 0 Å². The summed E-state index contributed by atoms with van der Waals surface area (Å²) in [6.45, 7) is 5.05. The molecule has 0 aliphatic heterocycles. The summed E-state index contributed by atoms with van der Waals surface area (Å²) < 4.78 is 26.3. The van der Waals surface area contributed by atoms with Crippen LogP contribution in [0.25, 0.3) is 0 Å². The van der Waals surface area contributed by atoms with Crippen LogP contribution in [0, 0.1) is 11.8 Å². The summed E-state index contributed by atoms with van der Waals surface area (Å²) >= 11 is 0. The summed E-state index contributed by atoms with van der Waals surface area (Å²) in [5.74, 6) is 5.57. The van der Waals surface area contributed by atoms with Crippen LogP contribution in [0.2, 0.25) is 0 Å². The fourth-order valence-corrected chi connectivity index (χ4v) is 3.32. The molecule has 4 nitrogen and oxygen atoms in total. The quantitative estimate of drug-likeness (QED) is 0.830. The van der Waals surface area contributed by atoms with Crippen LogP contribution >= 0.6 is 0 Å². The molecule has 5 heteroatoms. The topological polar surface area (TPSA) is 63.4 Å². The van der Waals surface area contributed by atoms with Crippen molar-refractivity contribution in [2.75, 3.05) is 19.6 Å². The van der Waals surface area contributed by atoms with E-state index in [9.17, 15) is 8.42 Å². The van der Waals surface area contributed by atoms with Crippen molar-refractivity contribution in [3.05, 3.63) is 29.8 Å². The van der Waals surface area contributed by atoms with Gasteiger partial charge in [-0.2, -0.15) is 4.31 Å². The van der Waals surface area contributed by atoms with E-state index in [0.717, 1.165) is 6.42 Å². The van der Waals surface area contributed by atoms with Crippen molar-refractivity contribution in [3.8, 4) is 11.8 Å². The third-order valence-corrected chi connectivity index (χ3v) is 4.60. The molecular formula is C14H20N2O2S. The molecule has 1 aromatic carbocycles. The van der Waals surface area contributed by atoms with Gasteiger partial charge in [-0.05, 0) is 24.6 Å². The van der Waals surface area contributed by atoms with Crippen LogP contribution in [-0.4, -0.2) is 32.4 Å². The molecule has 2 N–H and O–H groups in total. The number of rotatable bonds is 5. The molecule has 0 saturated heterocycles. The third kappa shape index (κ3) is 4.06. The average Bonchev–Trinajstić information content (AvgIpc) is 2.42. The summed E-state index contributed by atoms with van der Waals surface area (Å²) in [6.07, 6.45) is 0.791. The van der Waals surface area contributed by atoms with Crippen molar-refractivity contribution in [2.45, 2.75) is 25.2 Å². The normalized spacial score (nSPS) is 11.2. The van der Waals surface area contributed by atoms with Gasteiger partial charge < -0.3 is 5.73 Å². The minimum absolute atomic E-state index is 0.258. The molecular weight excluding hydrogens is 260 g/mol. The Kier molecular flexibility index (Phi) is 6.03. The van der Waals surface area contributed by atoms with E-state index >= 15 is 0 Å². The van der Waals surface area contributed by atoms with E-state index in [0.29, 0.717) is 18.7 Å². The summed E-state index contributed by atoms with van der Waals surface area (Å²) in [4.78, 5) is 0.284. The first-order valence-corrected chi connectivity index (χ1v) is 7.79.